The van der Waals surface area contributed by atoms with Crippen molar-refractivity contribution in [1.82, 2.24) is 19.3 Å². The van der Waals surface area contributed by atoms with Gasteiger partial charge < -0.3 is 10.3 Å². The topological polar surface area (TPSA) is 61.7 Å². The summed E-state index contributed by atoms with van der Waals surface area (Å²) in [4.78, 5) is 4.10. The second-order valence-electron chi connectivity index (χ2n) is 3.76. The quantitative estimate of drug-likeness (QED) is 0.801. The molecule has 2 heterocycles. The molecule has 0 amide bonds. The van der Waals surface area contributed by atoms with Crippen molar-refractivity contribution in [2.75, 3.05) is 0 Å². The van der Waals surface area contributed by atoms with Crippen LogP contribution in [0.25, 0.3) is 0 Å². The van der Waals surface area contributed by atoms with E-state index in [2.05, 4.69) is 10.1 Å². The molecule has 2 aromatic heterocycles. The van der Waals surface area contributed by atoms with Gasteiger partial charge in [-0.25, -0.2) is 4.98 Å². The van der Waals surface area contributed by atoms with Crippen LogP contribution in [0.1, 0.15) is 24.2 Å². The molecule has 1 atom stereocenters. The lowest BCUT2D eigenvalue weighted by Crippen LogP contribution is -2.12. The van der Waals surface area contributed by atoms with E-state index in [1.807, 2.05) is 30.9 Å². The summed E-state index contributed by atoms with van der Waals surface area (Å²) in [5.74, 6) is 0. The van der Waals surface area contributed by atoms with E-state index >= 15 is 0 Å². The second-order valence-corrected chi connectivity index (χ2v) is 3.76. The summed E-state index contributed by atoms with van der Waals surface area (Å²) in [5.41, 5.74) is 8.03. The highest BCUT2D eigenvalue weighted by atomic mass is 15.2. The van der Waals surface area contributed by atoms with E-state index < -0.39 is 0 Å². The maximum Gasteiger partial charge on any atom is 0.0951 e. The van der Waals surface area contributed by atoms with Crippen LogP contribution in [0.5, 0.6) is 0 Å². The number of rotatable bonds is 3. The number of aromatic nitrogens is 4. The molecule has 0 fully saturated rings. The minimum atomic E-state index is 0.00386. The lowest BCUT2D eigenvalue weighted by Gasteiger charge is -2.09. The maximum atomic E-state index is 5.84. The fraction of sp³-hybridized carbons (Fsp3) is 0.400. The monoisotopic (exact) mass is 205 g/mol. The molecule has 0 spiro atoms. The van der Waals surface area contributed by atoms with Gasteiger partial charge in [-0.3, -0.25) is 4.68 Å². The molecule has 0 aromatic carbocycles. The van der Waals surface area contributed by atoms with E-state index in [1.54, 1.807) is 17.2 Å². The molecule has 0 saturated carbocycles. The van der Waals surface area contributed by atoms with Crippen LogP contribution in [-0.4, -0.2) is 19.3 Å². The van der Waals surface area contributed by atoms with Crippen molar-refractivity contribution in [2.24, 2.45) is 12.8 Å². The Morgan fingerprint density at radius 1 is 1.47 bits per heavy atom. The highest BCUT2D eigenvalue weighted by molar-refractivity contribution is 5.10. The zero-order chi connectivity index (χ0) is 10.8. The Balaban J connectivity index is 2.20. The minimum absolute atomic E-state index is 0.00386. The molecule has 0 aliphatic carbocycles. The largest absolute Gasteiger partial charge is 0.329 e. The first-order chi connectivity index (χ1) is 7.16. The van der Waals surface area contributed by atoms with Crippen molar-refractivity contribution in [3.8, 4) is 0 Å². The molecule has 5 nitrogen and oxygen atoms in total. The lowest BCUT2D eigenvalue weighted by molar-refractivity contribution is 0.674. The standard InChI is InChI=1S/C10H15N5/c1-8(11)10-4-12-7-15(10)6-9-3-13-14(2)5-9/h3-5,7-8H,6,11H2,1-2H3/t8-/m0/s1. The van der Waals surface area contributed by atoms with Crippen LogP contribution in [0, 0.1) is 0 Å². The van der Waals surface area contributed by atoms with Gasteiger partial charge in [0.2, 0.25) is 0 Å². The van der Waals surface area contributed by atoms with Gasteiger partial charge in [0.05, 0.1) is 24.8 Å². The fourth-order valence-corrected chi connectivity index (χ4v) is 1.59. The van der Waals surface area contributed by atoms with Crippen molar-refractivity contribution in [2.45, 2.75) is 19.5 Å². The molecular formula is C10H15N5. The van der Waals surface area contributed by atoms with Gasteiger partial charge in [0.15, 0.2) is 0 Å². The van der Waals surface area contributed by atoms with Gasteiger partial charge in [0.25, 0.3) is 0 Å². The summed E-state index contributed by atoms with van der Waals surface area (Å²) in [5, 5.41) is 4.12. The summed E-state index contributed by atoms with van der Waals surface area (Å²) < 4.78 is 3.83. The maximum absolute atomic E-state index is 5.84. The average Bonchev–Trinajstić information content (AvgIpc) is 2.75. The van der Waals surface area contributed by atoms with Gasteiger partial charge in [0.1, 0.15) is 0 Å². The predicted molar refractivity (Wildman–Crippen MR) is 57.1 cm³/mol. The van der Waals surface area contributed by atoms with Crippen LogP contribution in [0.3, 0.4) is 0 Å². The average molecular weight is 205 g/mol. The van der Waals surface area contributed by atoms with Gasteiger partial charge in [-0.1, -0.05) is 0 Å². The van der Waals surface area contributed by atoms with Crippen molar-refractivity contribution < 1.29 is 0 Å². The Kier molecular flexibility index (Phi) is 2.55. The van der Waals surface area contributed by atoms with Crippen molar-refractivity contribution >= 4 is 0 Å². The number of nitrogens with zero attached hydrogens (tertiary/aromatic N) is 4. The van der Waals surface area contributed by atoms with Crippen molar-refractivity contribution in [1.29, 1.82) is 0 Å². The normalized spacial score (nSPS) is 13.0. The van der Waals surface area contributed by atoms with Crippen LogP contribution in [0.4, 0.5) is 0 Å². The predicted octanol–water partition coefficient (Wildman–Crippen LogP) is 0.685. The van der Waals surface area contributed by atoms with E-state index in [-0.39, 0.29) is 6.04 Å². The molecule has 15 heavy (non-hydrogen) atoms. The summed E-state index contributed by atoms with van der Waals surface area (Å²) in [7, 11) is 1.91. The molecule has 2 aromatic rings. The second kappa shape index (κ2) is 3.86. The van der Waals surface area contributed by atoms with Crippen LogP contribution < -0.4 is 5.73 Å². The van der Waals surface area contributed by atoms with E-state index in [0.29, 0.717) is 0 Å². The number of nitrogens with two attached hydrogens (primary N) is 1. The lowest BCUT2D eigenvalue weighted by atomic mass is 10.2. The molecule has 0 unspecified atom stereocenters. The van der Waals surface area contributed by atoms with E-state index in [9.17, 15) is 0 Å². The molecular weight excluding hydrogens is 190 g/mol. The Morgan fingerprint density at radius 3 is 2.87 bits per heavy atom. The van der Waals surface area contributed by atoms with Gasteiger partial charge in [-0.15, -0.1) is 0 Å². The molecule has 0 radical (unpaired) electrons. The molecule has 2 N–H and O–H groups in total. The van der Waals surface area contributed by atoms with Gasteiger partial charge in [0, 0.05) is 31.0 Å². The number of hydrogen-bond donors (Lipinski definition) is 1. The number of aryl methyl sites for hydroxylation is 1. The first kappa shape index (κ1) is 9.92. The van der Waals surface area contributed by atoms with E-state index in [4.69, 9.17) is 5.73 Å². The van der Waals surface area contributed by atoms with Crippen LogP contribution in [-0.2, 0) is 13.6 Å². The number of hydrogen-bond acceptors (Lipinski definition) is 3. The highest BCUT2D eigenvalue weighted by Crippen LogP contribution is 2.10. The third-order valence-electron chi connectivity index (χ3n) is 2.32. The minimum Gasteiger partial charge on any atom is -0.329 e. The van der Waals surface area contributed by atoms with Crippen LogP contribution in [0.15, 0.2) is 24.9 Å². The smallest absolute Gasteiger partial charge is 0.0951 e. The Labute approximate surface area is 88.5 Å². The Hall–Kier alpha value is -1.62. The SMILES string of the molecule is C[C@H](N)c1cncn1Cc1cnn(C)c1. The van der Waals surface area contributed by atoms with Crippen LogP contribution >= 0.6 is 0 Å². The van der Waals surface area contributed by atoms with Gasteiger partial charge in [-0.05, 0) is 6.92 Å². The molecule has 80 valence electrons. The Bertz CT molecular complexity index is 440. The Morgan fingerprint density at radius 2 is 2.27 bits per heavy atom. The van der Waals surface area contributed by atoms with Gasteiger partial charge >= 0.3 is 0 Å². The van der Waals surface area contributed by atoms with Crippen molar-refractivity contribution in [3.05, 3.63) is 36.2 Å². The number of imidazole rings is 1. The first-order valence-electron chi connectivity index (χ1n) is 4.90. The molecule has 5 heteroatoms. The molecule has 0 aliphatic heterocycles. The fourth-order valence-electron chi connectivity index (χ4n) is 1.59. The molecule has 0 saturated heterocycles. The van der Waals surface area contributed by atoms with Crippen molar-refractivity contribution in [3.63, 3.8) is 0 Å². The molecule has 2 rings (SSSR count). The summed E-state index contributed by atoms with van der Waals surface area (Å²) in [6.07, 6.45) is 7.45. The zero-order valence-electron chi connectivity index (χ0n) is 8.96. The first-order valence-corrected chi connectivity index (χ1v) is 4.90. The van der Waals surface area contributed by atoms with Gasteiger partial charge in [-0.2, -0.15) is 5.10 Å². The zero-order valence-corrected chi connectivity index (χ0v) is 8.96. The summed E-state index contributed by atoms with van der Waals surface area (Å²) in [6.45, 7) is 2.72. The third-order valence-corrected chi connectivity index (χ3v) is 2.32. The summed E-state index contributed by atoms with van der Waals surface area (Å²) >= 11 is 0. The van der Waals surface area contributed by atoms with E-state index in [1.165, 1.54) is 0 Å². The third kappa shape index (κ3) is 2.07. The molecule has 0 bridgehead atoms. The summed E-state index contributed by atoms with van der Waals surface area (Å²) in [6, 6.07) is 0.00386. The van der Waals surface area contributed by atoms with Crippen LogP contribution in [0.2, 0.25) is 0 Å². The van der Waals surface area contributed by atoms with E-state index in [0.717, 1.165) is 17.8 Å². The molecule has 0 aliphatic rings. The highest BCUT2D eigenvalue weighted by Gasteiger charge is 2.07.